The minimum absolute atomic E-state index is 0.260. The van der Waals surface area contributed by atoms with Crippen LogP contribution in [0.15, 0.2) is 16.6 Å². The van der Waals surface area contributed by atoms with Crippen LogP contribution in [-0.4, -0.2) is 13.0 Å². The van der Waals surface area contributed by atoms with Gasteiger partial charge in [0, 0.05) is 11.5 Å². The number of hydrogen-bond donors (Lipinski definition) is 0. The summed E-state index contributed by atoms with van der Waals surface area (Å²) in [5.74, 6) is -1.08. The molecule has 0 saturated heterocycles. The van der Waals surface area contributed by atoms with Crippen LogP contribution in [0.1, 0.15) is 16.5 Å². The lowest BCUT2D eigenvalue weighted by Crippen LogP contribution is -2.39. The molecule has 0 radical (unpaired) electrons. The van der Waals surface area contributed by atoms with Gasteiger partial charge in [-0.3, -0.25) is 4.79 Å². The van der Waals surface area contributed by atoms with Crippen LogP contribution in [0.5, 0.6) is 0 Å². The SMILES string of the molecule is Cc1cc(Br)c2c(c1)C(Cl)C(C#N)C(=O)N2C. The Labute approximate surface area is 113 Å². The number of carbonyl (C=O) groups excluding carboxylic acids is 1. The quantitative estimate of drug-likeness (QED) is 0.691. The third kappa shape index (κ3) is 1.84. The maximum atomic E-state index is 12.0. The van der Waals surface area contributed by atoms with Crippen molar-refractivity contribution in [2.24, 2.45) is 5.92 Å². The van der Waals surface area contributed by atoms with Crippen molar-refractivity contribution in [2.45, 2.75) is 12.3 Å². The molecule has 0 saturated carbocycles. The molecule has 1 aromatic carbocycles. The molecule has 1 aromatic rings. The van der Waals surface area contributed by atoms with Gasteiger partial charge in [-0.25, -0.2) is 0 Å². The van der Waals surface area contributed by atoms with Gasteiger partial charge in [-0.15, -0.1) is 11.6 Å². The van der Waals surface area contributed by atoms with Gasteiger partial charge in [0.1, 0.15) is 5.92 Å². The number of carbonyl (C=O) groups is 1. The van der Waals surface area contributed by atoms with Crippen LogP contribution >= 0.6 is 27.5 Å². The molecule has 1 aliphatic rings. The monoisotopic (exact) mass is 312 g/mol. The van der Waals surface area contributed by atoms with Crippen LogP contribution < -0.4 is 4.90 Å². The molecule has 0 aliphatic carbocycles. The predicted octanol–water partition coefficient (Wildman–Crippen LogP) is 3.15. The van der Waals surface area contributed by atoms with E-state index in [-0.39, 0.29) is 5.91 Å². The number of halogens is 2. The van der Waals surface area contributed by atoms with E-state index in [1.807, 2.05) is 25.1 Å². The molecule has 5 heteroatoms. The van der Waals surface area contributed by atoms with Crippen molar-refractivity contribution in [3.05, 3.63) is 27.7 Å². The van der Waals surface area contributed by atoms with Crippen molar-refractivity contribution in [3.8, 4) is 6.07 Å². The molecule has 2 atom stereocenters. The van der Waals surface area contributed by atoms with Crippen molar-refractivity contribution in [1.29, 1.82) is 5.26 Å². The van der Waals surface area contributed by atoms with E-state index in [0.717, 1.165) is 21.3 Å². The molecule has 1 amide bonds. The molecule has 2 unspecified atom stereocenters. The van der Waals surface area contributed by atoms with Gasteiger partial charge in [0.25, 0.3) is 0 Å². The van der Waals surface area contributed by atoms with E-state index < -0.39 is 11.3 Å². The van der Waals surface area contributed by atoms with Gasteiger partial charge in [0.2, 0.25) is 5.91 Å². The number of nitrogens with zero attached hydrogens (tertiary/aromatic N) is 2. The third-order valence-electron chi connectivity index (χ3n) is 2.90. The zero-order valence-corrected chi connectivity index (χ0v) is 11.7. The molecule has 0 bridgehead atoms. The Balaban J connectivity index is 2.69. The fourth-order valence-corrected chi connectivity index (χ4v) is 3.26. The second-order valence-electron chi connectivity index (χ2n) is 4.09. The van der Waals surface area contributed by atoms with E-state index in [4.69, 9.17) is 16.9 Å². The molecule has 1 heterocycles. The van der Waals surface area contributed by atoms with Gasteiger partial charge in [-0.2, -0.15) is 5.26 Å². The summed E-state index contributed by atoms with van der Waals surface area (Å²) in [5.41, 5.74) is 2.63. The predicted molar refractivity (Wildman–Crippen MR) is 70.0 cm³/mol. The Morgan fingerprint density at radius 2 is 2.18 bits per heavy atom. The average Bonchev–Trinajstić information content (AvgIpc) is 2.26. The molecular formula is C12H10BrClN2O. The second kappa shape index (κ2) is 4.32. The summed E-state index contributed by atoms with van der Waals surface area (Å²) >= 11 is 9.66. The van der Waals surface area contributed by atoms with Crippen molar-refractivity contribution in [1.82, 2.24) is 0 Å². The van der Waals surface area contributed by atoms with E-state index in [0.29, 0.717) is 0 Å². The number of rotatable bonds is 0. The molecule has 0 fully saturated rings. The number of amides is 1. The number of hydrogen-bond acceptors (Lipinski definition) is 2. The summed E-state index contributed by atoms with van der Waals surface area (Å²) in [6.07, 6.45) is 0. The molecular weight excluding hydrogens is 304 g/mol. The Bertz CT molecular complexity index is 538. The van der Waals surface area contributed by atoms with Gasteiger partial charge in [-0.1, -0.05) is 6.07 Å². The maximum Gasteiger partial charge on any atom is 0.246 e. The molecule has 1 aliphatic heterocycles. The molecule has 0 aromatic heterocycles. The van der Waals surface area contributed by atoms with Crippen molar-refractivity contribution < 1.29 is 4.79 Å². The van der Waals surface area contributed by atoms with E-state index in [9.17, 15) is 4.79 Å². The summed E-state index contributed by atoms with van der Waals surface area (Å²) in [6.45, 7) is 1.95. The number of anilines is 1. The Kier molecular flexibility index (Phi) is 3.15. The Morgan fingerprint density at radius 3 is 2.76 bits per heavy atom. The van der Waals surface area contributed by atoms with Gasteiger partial charge in [0.15, 0.2) is 0 Å². The van der Waals surface area contributed by atoms with Crippen LogP contribution in [0.25, 0.3) is 0 Å². The number of benzene rings is 1. The first kappa shape index (κ1) is 12.4. The smallest absolute Gasteiger partial charge is 0.246 e. The average molecular weight is 314 g/mol. The Hall–Kier alpha value is -1.05. The maximum absolute atomic E-state index is 12.0. The van der Waals surface area contributed by atoms with Crippen LogP contribution in [0.4, 0.5) is 5.69 Å². The zero-order chi connectivity index (χ0) is 12.7. The van der Waals surface area contributed by atoms with Crippen molar-refractivity contribution >= 4 is 39.1 Å². The topological polar surface area (TPSA) is 44.1 Å². The molecule has 3 nitrogen and oxygen atoms in total. The van der Waals surface area contributed by atoms with Crippen LogP contribution in [0, 0.1) is 24.2 Å². The zero-order valence-electron chi connectivity index (χ0n) is 9.37. The number of aryl methyl sites for hydroxylation is 1. The molecule has 88 valence electrons. The van der Waals surface area contributed by atoms with Crippen molar-refractivity contribution in [3.63, 3.8) is 0 Å². The summed E-state index contributed by atoms with van der Waals surface area (Å²) in [4.78, 5) is 13.5. The first-order valence-electron chi connectivity index (χ1n) is 5.08. The van der Waals surface area contributed by atoms with E-state index >= 15 is 0 Å². The molecule has 0 spiro atoms. The molecule has 2 rings (SSSR count). The largest absolute Gasteiger partial charge is 0.313 e. The third-order valence-corrected chi connectivity index (χ3v) is 3.99. The summed E-state index contributed by atoms with van der Waals surface area (Å²) in [5, 5.41) is 8.43. The fourth-order valence-electron chi connectivity index (χ4n) is 2.07. The first-order chi connectivity index (χ1) is 7.97. The van der Waals surface area contributed by atoms with E-state index in [1.165, 1.54) is 4.90 Å². The van der Waals surface area contributed by atoms with Gasteiger partial charge >= 0.3 is 0 Å². The van der Waals surface area contributed by atoms with Crippen LogP contribution in [0.3, 0.4) is 0 Å². The second-order valence-corrected chi connectivity index (χ2v) is 5.41. The molecule has 17 heavy (non-hydrogen) atoms. The highest BCUT2D eigenvalue weighted by Crippen LogP contribution is 2.45. The highest BCUT2D eigenvalue weighted by atomic mass is 79.9. The summed E-state index contributed by atoms with van der Waals surface area (Å²) in [7, 11) is 1.66. The number of nitriles is 1. The normalized spacial score (nSPS) is 23.2. The summed E-state index contributed by atoms with van der Waals surface area (Å²) < 4.78 is 0.824. The van der Waals surface area contributed by atoms with Crippen molar-refractivity contribution in [2.75, 3.05) is 11.9 Å². The lowest BCUT2D eigenvalue weighted by atomic mass is 9.91. The number of fused-ring (bicyclic) bond motifs is 1. The fraction of sp³-hybridized carbons (Fsp3) is 0.333. The molecule has 0 N–H and O–H groups in total. The first-order valence-corrected chi connectivity index (χ1v) is 6.31. The van der Waals surface area contributed by atoms with E-state index in [1.54, 1.807) is 7.05 Å². The van der Waals surface area contributed by atoms with Crippen LogP contribution in [-0.2, 0) is 4.79 Å². The van der Waals surface area contributed by atoms with Gasteiger partial charge in [-0.05, 0) is 40.0 Å². The van der Waals surface area contributed by atoms with E-state index in [2.05, 4.69) is 15.9 Å². The van der Waals surface area contributed by atoms with Crippen LogP contribution in [0.2, 0.25) is 0 Å². The lowest BCUT2D eigenvalue weighted by Gasteiger charge is -2.33. The standard InChI is InChI=1S/C12H10BrClN2O/c1-6-3-7-10(14)8(5-15)12(17)16(2)11(7)9(13)4-6/h3-4,8,10H,1-2H3. The minimum Gasteiger partial charge on any atom is -0.313 e. The Morgan fingerprint density at radius 1 is 1.53 bits per heavy atom. The van der Waals surface area contributed by atoms with Gasteiger partial charge < -0.3 is 4.90 Å². The lowest BCUT2D eigenvalue weighted by molar-refractivity contribution is -0.121. The number of alkyl halides is 1. The summed E-state index contributed by atoms with van der Waals surface area (Å²) in [6, 6.07) is 5.83. The minimum atomic E-state index is -0.817. The van der Waals surface area contributed by atoms with Gasteiger partial charge in [0.05, 0.1) is 17.1 Å². The highest BCUT2D eigenvalue weighted by molar-refractivity contribution is 9.10. The highest BCUT2D eigenvalue weighted by Gasteiger charge is 2.39.